The van der Waals surface area contributed by atoms with Crippen LogP contribution in [-0.2, 0) is 10.0 Å². The topological polar surface area (TPSA) is 83.5 Å². The average Bonchev–Trinajstić information content (AvgIpc) is 2.10. The smallest absolute Gasteiger partial charge is 0.335 e. The first-order valence-corrected chi connectivity index (χ1v) is 7.56. The van der Waals surface area contributed by atoms with Gasteiger partial charge in [-0.15, -0.1) is 0 Å². The van der Waals surface area contributed by atoms with E-state index in [1.54, 1.807) is 20.8 Å². The monoisotopic (exact) mass is 305 g/mol. The number of carboxylic acids is 1. The lowest BCUT2D eigenvalue weighted by atomic mass is 10.0. The van der Waals surface area contributed by atoms with Crippen LogP contribution in [0, 0.1) is 5.41 Å². The van der Waals surface area contributed by atoms with Gasteiger partial charge in [-0.1, -0.05) is 32.4 Å². The summed E-state index contributed by atoms with van der Waals surface area (Å²) in [4.78, 5) is 10.9. The van der Waals surface area contributed by atoms with Crippen LogP contribution in [0.4, 0.5) is 5.69 Å². The second-order valence-electron chi connectivity index (χ2n) is 5.46. The SMILES string of the molecule is CC(C)(C)CS(=O)(=O)Nc1cc(Cl)cc(C(=O)O)c1. The first-order chi connectivity index (χ1) is 8.48. The molecule has 0 aliphatic rings. The Morgan fingerprint density at radius 2 is 1.89 bits per heavy atom. The van der Waals surface area contributed by atoms with Gasteiger partial charge in [0.05, 0.1) is 17.0 Å². The fraction of sp³-hybridized carbons (Fsp3) is 0.417. The number of halogens is 1. The van der Waals surface area contributed by atoms with E-state index in [4.69, 9.17) is 16.7 Å². The molecule has 1 rings (SSSR count). The average molecular weight is 306 g/mol. The molecule has 0 aliphatic heterocycles. The number of anilines is 1. The Morgan fingerprint density at radius 3 is 2.37 bits per heavy atom. The van der Waals surface area contributed by atoms with Crippen molar-refractivity contribution in [2.75, 3.05) is 10.5 Å². The van der Waals surface area contributed by atoms with E-state index in [9.17, 15) is 13.2 Å². The summed E-state index contributed by atoms with van der Waals surface area (Å²) in [6.45, 7) is 5.40. The minimum atomic E-state index is -3.55. The lowest BCUT2D eigenvalue weighted by Gasteiger charge is -2.19. The molecule has 19 heavy (non-hydrogen) atoms. The Hall–Kier alpha value is -1.27. The molecule has 1 aromatic carbocycles. The van der Waals surface area contributed by atoms with Crippen LogP contribution in [0.25, 0.3) is 0 Å². The van der Waals surface area contributed by atoms with Gasteiger partial charge in [0.25, 0.3) is 0 Å². The van der Waals surface area contributed by atoms with Crippen molar-refractivity contribution in [3.05, 3.63) is 28.8 Å². The van der Waals surface area contributed by atoms with Gasteiger partial charge in [0.2, 0.25) is 10.0 Å². The molecule has 7 heteroatoms. The van der Waals surface area contributed by atoms with E-state index in [0.717, 1.165) is 0 Å². The van der Waals surface area contributed by atoms with Gasteiger partial charge in [0, 0.05) is 5.02 Å². The predicted molar refractivity (Wildman–Crippen MR) is 75.3 cm³/mol. The zero-order valence-electron chi connectivity index (χ0n) is 10.9. The second-order valence-corrected chi connectivity index (χ2v) is 7.61. The summed E-state index contributed by atoms with van der Waals surface area (Å²) in [5.41, 5.74) is -0.324. The molecule has 0 atom stereocenters. The van der Waals surface area contributed by atoms with Crippen molar-refractivity contribution in [1.29, 1.82) is 0 Å². The molecule has 0 radical (unpaired) electrons. The van der Waals surface area contributed by atoms with Crippen LogP contribution < -0.4 is 4.72 Å². The zero-order chi connectivity index (χ0) is 14.8. The fourth-order valence-corrected chi connectivity index (χ4v) is 3.48. The van der Waals surface area contributed by atoms with Gasteiger partial charge >= 0.3 is 5.97 Å². The number of aromatic carboxylic acids is 1. The molecule has 1 aromatic rings. The number of benzene rings is 1. The first-order valence-electron chi connectivity index (χ1n) is 5.53. The molecular weight excluding hydrogens is 290 g/mol. The van der Waals surface area contributed by atoms with Crippen molar-refractivity contribution in [2.24, 2.45) is 5.41 Å². The molecule has 0 saturated carbocycles. The van der Waals surface area contributed by atoms with Crippen LogP contribution >= 0.6 is 11.6 Å². The third-order valence-corrected chi connectivity index (χ3v) is 4.05. The molecule has 0 fully saturated rings. The summed E-state index contributed by atoms with van der Waals surface area (Å²) in [5.74, 6) is -1.24. The highest BCUT2D eigenvalue weighted by Gasteiger charge is 2.22. The molecule has 2 N–H and O–H groups in total. The fourth-order valence-electron chi connectivity index (χ4n) is 1.56. The summed E-state index contributed by atoms with van der Waals surface area (Å²) in [6, 6.07) is 3.86. The number of rotatable bonds is 4. The quantitative estimate of drug-likeness (QED) is 0.896. The normalized spacial score (nSPS) is 12.2. The second kappa shape index (κ2) is 5.38. The van der Waals surface area contributed by atoms with Crippen LogP contribution in [0.2, 0.25) is 5.02 Å². The molecule has 5 nitrogen and oxygen atoms in total. The van der Waals surface area contributed by atoms with E-state index in [1.807, 2.05) is 0 Å². The van der Waals surface area contributed by atoms with E-state index in [2.05, 4.69) is 4.72 Å². The minimum Gasteiger partial charge on any atom is -0.478 e. The van der Waals surface area contributed by atoms with Gasteiger partial charge < -0.3 is 5.11 Å². The summed E-state index contributed by atoms with van der Waals surface area (Å²) in [6.07, 6.45) is 0. The predicted octanol–water partition coefficient (Wildman–Crippen LogP) is 2.83. The molecule has 0 unspecified atom stereocenters. The Labute approximate surface area is 117 Å². The van der Waals surface area contributed by atoms with Crippen molar-refractivity contribution in [3.8, 4) is 0 Å². The van der Waals surface area contributed by atoms with Crippen LogP contribution in [-0.4, -0.2) is 25.2 Å². The van der Waals surface area contributed by atoms with Crippen LogP contribution in [0.3, 0.4) is 0 Å². The zero-order valence-corrected chi connectivity index (χ0v) is 12.5. The molecule has 0 saturated heterocycles. The molecule has 0 aromatic heterocycles. The molecule has 0 bridgehead atoms. The lowest BCUT2D eigenvalue weighted by molar-refractivity contribution is 0.0697. The van der Waals surface area contributed by atoms with E-state index >= 15 is 0 Å². The number of hydrogen-bond acceptors (Lipinski definition) is 3. The molecule has 0 spiro atoms. The van der Waals surface area contributed by atoms with Gasteiger partial charge in [-0.05, 0) is 23.6 Å². The van der Waals surface area contributed by atoms with Gasteiger partial charge in [-0.2, -0.15) is 0 Å². The molecular formula is C12H16ClNO4S. The number of carboxylic acid groups (broad SMARTS) is 1. The third-order valence-electron chi connectivity index (χ3n) is 2.04. The standard InChI is InChI=1S/C12H16ClNO4S/c1-12(2,3)7-19(17,18)14-10-5-8(11(15)16)4-9(13)6-10/h4-6,14H,7H2,1-3H3,(H,15,16). The highest BCUT2D eigenvalue weighted by Crippen LogP contribution is 2.22. The van der Waals surface area contributed by atoms with E-state index in [-0.39, 0.29) is 22.0 Å². The number of carbonyl (C=O) groups is 1. The summed E-state index contributed by atoms with van der Waals surface area (Å²) >= 11 is 5.76. The highest BCUT2D eigenvalue weighted by molar-refractivity contribution is 7.92. The molecule has 0 heterocycles. The Morgan fingerprint density at radius 1 is 1.32 bits per heavy atom. The summed E-state index contributed by atoms with van der Waals surface area (Å²) in [5, 5.41) is 9.04. The van der Waals surface area contributed by atoms with Gasteiger partial charge in [0.1, 0.15) is 0 Å². The lowest BCUT2D eigenvalue weighted by Crippen LogP contribution is -2.26. The van der Waals surface area contributed by atoms with Crippen LogP contribution in [0.5, 0.6) is 0 Å². The maximum absolute atomic E-state index is 11.9. The number of sulfonamides is 1. The minimum absolute atomic E-state index is 0.0686. The Bertz CT molecular complexity index is 590. The van der Waals surface area contributed by atoms with Gasteiger partial charge in [-0.3, -0.25) is 4.72 Å². The van der Waals surface area contributed by atoms with Gasteiger partial charge in [0.15, 0.2) is 0 Å². The maximum atomic E-state index is 11.9. The number of nitrogens with one attached hydrogen (secondary N) is 1. The highest BCUT2D eigenvalue weighted by atomic mass is 35.5. The van der Waals surface area contributed by atoms with Crippen molar-refractivity contribution >= 4 is 33.3 Å². The summed E-state index contributed by atoms with van der Waals surface area (Å²) < 4.78 is 26.1. The summed E-state index contributed by atoms with van der Waals surface area (Å²) in [7, 11) is -3.55. The van der Waals surface area contributed by atoms with Crippen molar-refractivity contribution < 1.29 is 18.3 Å². The first kappa shape index (κ1) is 15.8. The third kappa shape index (κ3) is 5.48. The van der Waals surface area contributed by atoms with E-state index < -0.39 is 21.4 Å². The Kier molecular flexibility index (Phi) is 4.47. The van der Waals surface area contributed by atoms with E-state index in [0.29, 0.717) is 0 Å². The van der Waals surface area contributed by atoms with Gasteiger partial charge in [-0.25, -0.2) is 13.2 Å². The van der Waals surface area contributed by atoms with Crippen LogP contribution in [0.1, 0.15) is 31.1 Å². The maximum Gasteiger partial charge on any atom is 0.335 e. The molecule has 106 valence electrons. The van der Waals surface area contributed by atoms with Crippen molar-refractivity contribution in [3.63, 3.8) is 0 Å². The van der Waals surface area contributed by atoms with Crippen LogP contribution in [0.15, 0.2) is 18.2 Å². The largest absolute Gasteiger partial charge is 0.478 e. The van der Waals surface area contributed by atoms with Crippen molar-refractivity contribution in [2.45, 2.75) is 20.8 Å². The van der Waals surface area contributed by atoms with E-state index in [1.165, 1.54) is 18.2 Å². The number of hydrogen-bond donors (Lipinski definition) is 2. The molecule has 0 aliphatic carbocycles. The van der Waals surface area contributed by atoms with Crippen molar-refractivity contribution in [1.82, 2.24) is 0 Å². The molecule has 0 amide bonds. The Balaban J connectivity index is 3.03.